The van der Waals surface area contributed by atoms with E-state index in [2.05, 4.69) is 255 Å². The summed E-state index contributed by atoms with van der Waals surface area (Å²) in [6.45, 7) is 4.47. The first-order valence-corrected chi connectivity index (χ1v) is 22.6. The highest BCUT2D eigenvalue weighted by atomic mass is 15.0. The van der Waals surface area contributed by atoms with E-state index < -0.39 is 0 Å². The SMILES string of the molecule is Cc1cc2c(-c3ccc(-c4ccc(-c5ccccc5)cc4)cc3)c3ccccc3c(-c3ccc(-c4ccc(-c5ccc6c(c5)c5ccccc5n6-c5ccccc5)cc4)cc3)c2cc1C. The minimum atomic E-state index is 1.17. The molecule has 0 amide bonds. The average Bonchev–Trinajstić information content (AvgIpc) is 3.71. The molecule has 1 nitrogen and oxygen atoms in total. The molecule has 65 heavy (non-hydrogen) atoms. The van der Waals surface area contributed by atoms with Crippen LogP contribution in [0.3, 0.4) is 0 Å². The fourth-order valence-corrected chi connectivity index (χ4v) is 10.1. The first-order chi connectivity index (χ1) is 32.1. The summed E-state index contributed by atoms with van der Waals surface area (Å²) in [6.07, 6.45) is 0. The molecule has 12 aromatic rings. The van der Waals surface area contributed by atoms with Gasteiger partial charge in [0.15, 0.2) is 0 Å². The number of benzene rings is 11. The van der Waals surface area contributed by atoms with Gasteiger partial charge >= 0.3 is 0 Å². The molecule has 0 saturated heterocycles. The number of hydrogen-bond acceptors (Lipinski definition) is 0. The average molecular weight is 828 g/mol. The van der Waals surface area contributed by atoms with E-state index in [1.807, 2.05) is 0 Å². The second kappa shape index (κ2) is 15.8. The van der Waals surface area contributed by atoms with Crippen molar-refractivity contribution in [3.05, 3.63) is 248 Å². The van der Waals surface area contributed by atoms with Gasteiger partial charge in [0.05, 0.1) is 11.0 Å². The lowest BCUT2D eigenvalue weighted by Gasteiger charge is -2.19. The lowest BCUT2D eigenvalue weighted by Crippen LogP contribution is -1.93. The third-order valence-electron chi connectivity index (χ3n) is 13.5. The molecule has 0 fully saturated rings. The molecule has 0 aliphatic heterocycles. The normalized spacial score (nSPS) is 11.5. The van der Waals surface area contributed by atoms with Crippen molar-refractivity contribution in [3.8, 4) is 72.4 Å². The fourth-order valence-electron chi connectivity index (χ4n) is 10.1. The Morgan fingerprint density at radius 3 is 1.05 bits per heavy atom. The Morgan fingerprint density at radius 2 is 0.569 bits per heavy atom. The predicted octanol–water partition coefficient (Wildman–Crippen LogP) is 17.7. The van der Waals surface area contributed by atoms with Crippen molar-refractivity contribution >= 4 is 43.4 Å². The Hall–Kier alpha value is -8.26. The van der Waals surface area contributed by atoms with E-state index in [1.165, 1.54) is 127 Å². The number of aryl methyl sites for hydroxylation is 2. The second-order valence-electron chi connectivity index (χ2n) is 17.4. The smallest absolute Gasteiger partial charge is 0.0541 e. The van der Waals surface area contributed by atoms with Crippen LogP contribution in [0.4, 0.5) is 0 Å². The topological polar surface area (TPSA) is 4.93 Å². The van der Waals surface area contributed by atoms with E-state index in [-0.39, 0.29) is 0 Å². The van der Waals surface area contributed by atoms with Gasteiger partial charge < -0.3 is 4.57 Å². The molecule has 0 radical (unpaired) electrons. The molecule has 1 heterocycles. The molecular formula is C64H45N. The van der Waals surface area contributed by atoms with Gasteiger partial charge in [-0.2, -0.15) is 0 Å². The summed E-state index contributed by atoms with van der Waals surface area (Å²) in [4.78, 5) is 0. The van der Waals surface area contributed by atoms with Crippen molar-refractivity contribution < 1.29 is 0 Å². The van der Waals surface area contributed by atoms with Crippen LogP contribution in [0.2, 0.25) is 0 Å². The van der Waals surface area contributed by atoms with Crippen LogP contribution in [0.1, 0.15) is 11.1 Å². The van der Waals surface area contributed by atoms with E-state index in [0.29, 0.717) is 0 Å². The number of nitrogens with zero attached hydrogens (tertiary/aromatic N) is 1. The summed E-state index contributed by atoms with van der Waals surface area (Å²) in [5, 5.41) is 7.62. The first-order valence-electron chi connectivity index (χ1n) is 22.6. The van der Waals surface area contributed by atoms with Crippen LogP contribution in [0.25, 0.3) is 116 Å². The molecule has 11 aromatic carbocycles. The van der Waals surface area contributed by atoms with Crippen molar-refractivity contribution in [2.75, 3.05) is 0 Å². The Balaban J connectivity index is 0.881. The van der Waals surface area contributed by atoms with E-state index in [4.69, 9.17) is 0 Å². The minimum absolute atomic E-state index is 1.17. The summed E-state index contributed by atoms with van der Waals surface area (Å²) in [6, 6.07) is 86.9. The number of aromatic nitrogens is 1. The molecule has 0 bridgehead atoms. The highest BCUT2D eigenvalue weighted by Gasteiger charge is 2.19. The van der Waals surface area contributed by atoms with Crippen molar-refractivity contribution in [2.24, 2.45) is 0 Å². The molecule has 1 heteroatoms. The Bertz CT molecular complexity index is 3710. The summed E-state index contributed by atoms with van der Waals surface area (Å²) < 4.78 is 2.37. The lowest BCUT2D eigenvalue weighted by atomic mass is 9.84. The maximum Gasteiger partial charge on any atom is 0.0541 e. The summed E-state index contributed by atoms with van der Waals surface area (Å²) in [5.74, 6) is 0. The Labute approximate surface area is 380 Å². The molecule has 0 saturated carbocycles. The van der Waals surface area contributed by atoms with Crippen molar-refractivity contribution in [3.63, 3.8) is 0 Å². The molecule has 0 spiro atoms. The van der Waals surface area contributed by atoms with E-state index in [1.54, 1.807) is 0 Å². The van der Waals surface area contributed by atoms with Gasteiger partial charge in [-0.25, -0.2) is 0 Å². The molecule has 0 unspecified atom stereocenters. The minimum Gasteiger partial charge on any atom is -0.309 e. The van der Waals surface area contributed by atoms with E-state index in [9.17, 15) is 0 Å². The van der Waals surface area contributed by atoms with Crippen LogP contribution in [0.15, 0.2) is 237 Å². The molecular weight excluding hydrogens is 783 g/mol. The maximum atomic E-state index is 2.40. The fraction of sp³-hybridized carbons (Fsp3) is 0.0312. The quantitative estimate of drug-likeness (QED) is 0.141. The Morgan fingerprint density at radius 1 is 0.231 bits per heavy atom. The number of para-hydroxylation sites is 2. The first kappa shape index (κ1) is 38.4. The zero-order valence-corrected chi connectivity index (χ0v) is 36.5. The van der Waals surface area contributed by atoms with Crippen molar-refractivity contribution in [2.45, 2.75) is 13.8 Å². The van der Waals surface area contributed by atoms with Gasteiger partial charge in [-0.15, -0.1) is 0 Å². The summed E-state index contributed by atoms with van der Waals surface area (Å²) in [5.41, 5.74) is 20.9. The van der Waals surface area contributed by atoms with E-state index in [0.717, 1.165) is 0 Å². The third-order valence-corrected chi connectivity index (χ3v) is 13.5. The van der Waals surface area contributed by atoms with Crippen molar-refractivity contribution in [1.82, 2.24) is 4.57 Å². The lowest BCUT2D eigenvalue weighted by molar-refractivity contribution is 1.18. The Kier molecular flexibility index (Phi) is 9.35. The molecule has 0 aliphatic rings. The summed E-state index contributed by atoms with van der Waals surface area (Å²) in [7, 11) is 0. The number of hydrogen-bond donors (Lipinski definition) is 0. The van der Waals surface area contributed by atoms with Crippen LogP contribution in [0.5, 0.6) is 0 Å². The highest BCUT2D eigenvalue weighted by Crippen LogP contribution is 2.45. The van der Waals surface area contributed by atoms with Gasteiger partial charge in [0.1, 0.15) is 0 Å². The molecule has 0 aliphatic carbocycles. The van der Waals surface area contributed by atoms with E-state index >= 15 is 0 Å². The van der Waals surface area contributed by atoms with Gasteiger partial charge in [-0.3, -0.25) is 0 Å². The molecule has 0 N–H and O–H groups in total. The van der Waals surface area contributed by atoms with Crippen LogP contribution >= 0.6 is 0 Å². The third kappa shape index (κ3) is 6.72. The number of rotatable bonds is 7. The second-order valence-corrected chi connectivity index (χ2v) is 17.4. The monoisotopic (exact) mass is 827 g/mol. The zero-order valence-electron chi connectivity index (χ0n) is 36.5. The highest BCUT2D eigenvalue weighted by molar-refractivity contribution is 6.21. The van der Waals surface area contributed by atoms with Crippen molar-refractivity contribution in [1.29, 1.82) is 0 Å². The molecule has 12 rings (SSSR count). The standard InChI is InChI=1S/C64H45N/c1-42-39-59-60(40-43(42)2)64(57-19-10-9-18-56(57)63(59)51-33-29-48(30-34-51)46-23-21-45(22-24-46)44-13-5-3-6-14-44)52-35-31-49(32-36-52)47-25-27-50(28-26-47)53-37-38-62-58(41-53)55-17-11-12-20-61(55)65(62)54-15-7-4-8-16-54/h3-41H,1-2H3. The van der Waals surface area contributed by atoms with Gasteiger partial charge in [0.25, 0.3) is 0 Å². The summed E-state index contributed by atoms with van der Waals surface area (Å²) >= 11 is 0. The van der Waals surface area contributed by atoms with Gasteiger partial charge in [-0.05, 0) is 144 Å². The zero-order chi connectivity index (χ0) is 43.4. The number of fused-ring (bicyclic) bond motifs is 5. The largest absolute Gasteiger partial charge is 0.309 e. The van der Waals surface area contributed by atoms with Gasteiger partial charge in [0, 0.05) is 16.5 Å². The maximum absolute atomic E-state index is 2.40. The van der Waals surface area contributed by atoms with Gasteiger partial charge in [0.2, 0.25) is 0 Å². The van der Waals surface area contributed by atoms with Crippen LogP contribution < -0.4 is 0 Å². The van der Waals surface area contributed by atoms with Crippen LogP contribution in [-0.2, 0) is 0 Å². The molecule has 0 atom stereocenters. The molecule has 1 aromatic heterocycles. The van der Waals surface area contributed by atoms with Crippen LogP contribution in [0, 0.1) is 13.8 Å². The van der Waals surface area contributed by atoms with Crippen LogP contribution in [-0.4, -0.2) is 4.57 Å². The molecule has 306 valence electrons. The van der Waals surface area contributed by atoms with Gasteiger partial charge in [-0.1, -0.05) is 206 Å². The predicted molar refractivity (Wildman–Crippen MR) is 278 cm³/mol.